The van der Waals surface area contributed by atoms with Crippen molar-refractivity contribution in [3.63, 3.8) is 0 Å². The highest BCUT2D eigenvalue weighted by Crippen LogP contribution is 2.29. The second kappa shape index (κ2) is 3.95. The molecule has 0 heterocycles. The molecule has 0 aliphatic carbocycles. The Morgan fingerprint density at radius 3 is 2.60 bits per heavy atom. The maximum atomic E-state index is 11.0. The highest BCUT2D eigenvalue weighted by molar-refractivity contribution is 7.99. The molecule has 0 aliphatic rings. The first kappa shape index (κ1) is 10.1. The van der Waals surface area contributed by atoms with Crippen LogP contribution in [0.3, 0.4) is 0 Å². The van der Waals surface area contributed by atoms with E-state index in [-0.39, 0.29) is 0 Å². The fourth-order valence-corrected chi connectivity index (χ4v) is 2.41. The molecule has 2 rings (SSSR count). The monoisotopic (exact) mass is 218 g/mol. The van der Waals surface area contributed by atoms with Crippen molar-refractivity contribution in [2.75, 3.05) is 6.26 Å². The van der Waals surface area contributed by atoms with E-state index in [4.69, 9.17) is 5.11 Å². The average molecular weight is 218 g/mol. The van der Waals surface area contributed by atoms with Gasteiger partial charge in [-0.2, -0.15) is 0 Å². The van der Waals surface area contributed by atoms with Crippen LogP contribution in [0.5, 0.6) is 0 Å². The van der Waals surface area contributed by atoms with E-state index in [1.165, 1.54) is 11.8 Å². The van der Waals surface area contributed by atoms with Crippen molar-refractivity contribution < 1.29 is 9.90 Å². The van der Waals surface area contributed by atoms with Gasteiger partial charge in [-0.3, -0.25) is 0 Å². The third-order valence-electron chi connectivity index (χ3n) is 2.31. The molecule has 0 atom stereocenters. The normalized spacial score (nSPS) is 10.5. The van der Waals surface area contributed by atoms with Crippen molar-refractivity contribution >= 4 is 28.5 Å². The highest BCUT2D eigenvalue weighted by atomic mass is 32.2. The van der Waals surface area contributed by atoms with Gasteiger partial charge in [-0.05, 0) is 23.1 Å². The second-order valence-electron chi connectivity index (χ2n) is 3.17. The van der Waals surface area contributed by atoms with E-state index in [2.05, 4.69) is 0 Å². The quantitative estimate of drug-likeness (QED) is 0.786. The summed E-state index contributed by atoms with van der Waals surface area (Å²) >= 11 is 1.47. The first-order valence-electron chi connectivity index (χ1n) is 4.53. The molecule has 2 nitrogen and oxygen atoms in total. The maximum absolute atomic E-state index is 11.0. The molecule has 3 heteroatoms. The van der Waals surface area contributed by atoms with Gasteiger partial charge in [0.05, 0.1) is 5.56 Å². The lowest BCUT2D eigenvalue weighted by atomic mass is 10.1. The van der Waals surface area contributed by atoms with Gasteiger partial charge in [0.1, 0.15) is 0 Å². The van der Waals surface area contributed by atoms with Crippen molar-refractivity contribution in [1.29, 1.82) is 0 Å². The molecule has 15 heavy (non-hydrogen) atoms. The standard InChI is InChI=1S/C12H10O2S/c1-15-11-9-5-3-2-4-8(9)6-7-10(11)12(13)14/h2-7H,1H3,(H,13,14). The number of aromatic carboxylic acids is 1. The van der Waals surface area contributed by atoms with Crippen LogP contribution in [0.4, 0.5) is 0 Å². The molecule has 0 bridgehead atoms. The van der Waals surface area contributed by atoms with E-state index in [0.717, 1.165) is 15.7 Å². The topological polar surface area (TPSA) is 37.3 Å². The molecule has 0 fully saturated rings. The first-order valence-corrected chi connectivity index (χ1v) is 5.75. The predicted molar refractivity (Wildman–Crippen MR) is 62.7 cm³/mol. The summed E-state index contributed by atoms with van der Waals surface area (Å²) in [5, 5.41) is 11.1. The number of carboxylic acid groups (broad SMARTS) is 1. The van der Waals surface area contributed by atoms with E-state index in [1.807, 2.05) is 36.6 Å². The summed E-state index contributed by atoms with van der Waals surface area (Å²) in [6.45, 7) is 0. The molecule has 76 valence electrons. The first-order chi connectivity index (χ1) is 7.24. The number of hydrogen-bond acceptors (Lipinski definition) is 2. The Morgan fingerprint density at radius 1 is 1.20 bits per heavy atom. The Labute approximate surface area is 91.9 Å². The van der Waals surface area contributed by atoms with Crippen LogP contribution in [0, 0.1) is 0 Å². The van der Waals surface area contributed by atoms with Crippen LogP contribution in [0.15, 0.2) is 41.3 Å². The molecule has 0 radical (unpaired) electrons. The van der Waals surface area contributed by atoms with Crippen LogP contribution >= 0.6 is 11.8 Å². The molecule has 0 spiro atoms. The van der Waals surface area contributed by atoms with Crippen molar-refractivity contribution in [2.45, 2.75) is 4.90 Å². The van der Waals surface area contributed by atoms with Crippen molar-refractivity contribution in [2.24, 2.45) is 0 Å². The third-order valence-corrected chi connectivity index (χ3v) is 3.16. The lowest BCUT2D eigenvalue weighted by molar-refractivity contribution is 0.0693. The van der Waals surface area contributed by atoms with Crippen molar-refractivity contribution in [1.82, 2.24) is 0 Å². The highest BCUT2D eigenvalue weighted by Gasteiger charge is 2.11. The summed E-state index contributed by atoms with van der Waals surface area (Å²) < 4.78 is 0. The van der Waals surface area contributed by atoms with Crippen molar-refractivity contribution in [3.05, 3.63) is 42.0 Å². The minimum atomic E-state index is -0.870. The summed E-state index contributed by atoms with van der Waals surface area (Å²) in [6, 6.07) is 11.3. The maximum Gasteiger partial charge on any atom is 0.336 e. The van der Waals surface area contributed by atoms with Crippen LogP contribution < -0.4 is 0 Å². The molecule has 2 aromatic rings. The smallest absolute Gasteiger partial charge is 0.336 e. The summed E-state index contributed by atoms with van der Waals surface area (Å²) in [5.41, 5.74) is 0.376. The van der Waals surface area contributed by atoms with E-state index in [0.29, 0.717) is 5.56 Å². The summed E-state index contributed by atoms with van der Waals surface area (Å²) in [7, 11) is 0. The molecular weight excluding hydrogens is 208 g/mol. The minimum Gasteiger partial charge on any atom is -0.478 e. The molecular formula is C12H10O2S. The van der Waals surface area contributed by atoms with E-state index >= 15 is 0 Å². The fourth-order valence-electron chi connectivity index (χ4n) is 1.63. The van der Waals surface area contributed by atoms with Gasteiger partial charge in [0.2, 0.25) is 0 Å². The van der Waals surface area contributed by atoms with Gasteiger partial charge in [-0.1, -0.05) is 30.3 Å². The number of carboxylic acids is 1. The van der Waals surface area contributed by atoms with Crippen LogP contribution in [0.1, 0.15) is 10.4 Å². The van der Waals surface area contributed by atoms with Crippen molar-refractivity contribution in [3.8, 4) is 0 Å². The molecule has 2 aromatic carbocycles. The van der Waals surface area contributed by atoms with Crippen LogP contribution in [-0.4, -0.2) is 17.3 Å². The zero-order valence-corrected chi connectivity index (χ0v) is 9.04. The van der Waals surface area contributed by atoms with E-state index < -0.39 is 5.97 Å². The fraction of sp³-hybridized carbons (Fsp3) is 0.0833. The van der Waals surface area contributed by atoms with Crippen LogP contribution in [0.25, 0.3) is 10.8 Å². The van der Waals surface area contributed by atoms with Crippen LogP contribution in [-0.2, 0) is 0 Å². The minimum absolute atomic E-state index is 0.376. The van der Waals surface area contributed by atoms with Gasteiger partial charge < -0.3 is 5.11 Å². The second-order valence-corrected chi connectivity index (χ2v) is 3.99. The molecule has 1 N–H and O–H groups in total. The van der Waals surface area contributed by atoms with Crippen LogP contribution in [0.2, 0.25) is 0 Å². The lowest BCUT2D eigenvalue weighted by Crippen LogP contribution is -1.98. The van der Waals surface area contributed by atoms with Gasteiger partial charge in [-0.15, -0.1) is 11.8 Å². The summed E-state index contributed by atoms with van der Waals surface area (Å²) in [6.07, 6.45) is 1.90. The Kier molecular flexibility index (Phi) is 2.64. The summed E-state index contributed by atoms with van der Waals surface area (Å²) in [4.78, 5) is 11.8. The van der Waals surface area contributed by atoms with E-state index in [9.17, 15) is 4.79 Å². The lowest BCUT2D eigenvalue weighted by Gasteiger charge is -2.07. The molecule has 0 aromatic heterocycles. The number of thioether (sulfide) groups is 1. The van der Waals surface area contributed by atoms with Gasteiger partial charge in [-0.25, -0.2) is 4.79 Å². The number of hydrogen-bond donors (Lipinski definition) is 1. The number of rotatable bonds is 2. The van der Waals surface area contributed by atoms with E-state index in [1.54, 1.807) is 6.07 Å². The molecule has 0 unspecified atom stereocenters. The Morgan fingerprint density at radius 2 is 1.93 bits per heavy atom. The molecule has 0 saturated carbocycles. The third kappa shape index (κ3) is 1.70. The Hall–Kier alpha value is -1.48. The van der Waals surface area contributed by atoms with Gasteiger partial charge in [0, 0.05) is 4.90 Å². The SMILES string of the molecule is CSc1c(C(=O)O)ccc2ccccc12. The largest absolute Gasteiger partial charge is 0.478 e. The zero-order chi connectivity index (χ0) is 10.8. The number of benzene rings is 2. The Bertz CT molecular complexity index is 520. The number of fused-ring (bicyclic) bond motifs is 1. The Balaban J connectivity index is 2.81. The average Bonchev–Trinajstić information content (AvgIpc) is 2.27. The van der Waals surface area contributed by atoms with Gasteiger partial charge >= 0.3 is 5.97 Å². The number of carbonyl (C=O) groups is 1. The molecule has 0 saturated heterocycles. The van der Waals surface area contributed by atoms with Gasteiger partial charge in [0.25, 0.3) is 0 Å². The molecule has 0 aliphatic heterocycles. The van der Waals surface area contributed by atoms with Gasteiger partial charge in [0.15, 0.2) is 0 Å². The predicted octanol–water partition coefficient (Wildman–Crippen LogP) is 3.26. The summed E-state index contributed by atoms with van der Waals surface area (Å²) in [5.74, 6) is -0.870. The molecule has 0 amide bonds. The zero-order valence-electron chi connectivity index (χ0n) is 8.23.